The van der Waals surface area contributed by atoms with Gasteiger partial charge in [-0.15, -0.1) is 0 Å². The van der Waals surface area contributed by atoms with Gasteiger partial charge in [-0.1, -0.05) is 13.0 Å². The molecule has 1 aliphatic heterocycles. The summed E-state index contributed by atoms with van der Waals surface area (Å²) in [4.78, 5) is 11.3. The van der Waals surface area contributed by atoms with Crippen molar-refractivity contribution in [2.45, 2.75) is 26.6 Å². The lowest BCUT2D eigenvalue weighted by atomic mass is 10.2. The zero-order valence-corrected chi connectivity index (χ0v) is 11.2. The fraction of sp³-hybridized carbons (Fsp3) is 0.429. The molecule has 2 aromatic rings. The zero-order chi connectivity index (χ0) is 13.1. The van der Waals surface area contributed by atoms with E-state index in [1.54, 1.807) is 0 Å². The minimum absolute atomic E-state index is 0.836. The van der Waals surface area contributed by atoms with Gasteiger partial charge in [-0.25, -0.2) is 9.97 Å². The fourth-order valence-corrected chi connectivity index (χ4v) is 2.47. The Bertz CT molecular complexity index is 548. The second-order valence-electron chi connectivity index (χ2n) is 4.72. The molecule has 1 N–H and O–H groups in total. The average Bonchev–Trinajstić information content (AvgIpc) is 2.92. The van der Waals surface area contributed by atoms with E-state index >= 15 is 0 Å². The quantitative estimate of drug-likeness (QED) is 0.899. The highest BCUT2D eigenvalue weighted by Gasteiger charge is 2.19. The normalized spacial score (nSPS) is 14.5. The van der Waals surface area contributed by atoms with Crippen LogP contribution < -0.4 is 10.2 Å². The van der Waals surface area contributed by atoms with Gasteiger partial charge in [0.05, 0.1) is 6.54 Å². The van der Waals surface area contributed by atoms with Gasteiger partial charge in [-0.3, -0.25) is 0 Å². The predicted molar refractivity (Wildman–Crippen MR) is 74.9 cm³/mol. The van der Waals surface area contributed by atoms with E-state index in [0.717, 1.165) is 44.4 Å². The SMILES string of the molecule is CCNCc1cccnc1N1CCn2ccnc2C1. The van der Waals surface area contributed by atoms with Crippen LogP contribution in [0.1, 0.15) is 18.3 Å². The Labute approximate surface area is 113 Å². The van der Waals surface area contributed by atoms with Gasteiger partial charge in [0.15, 0.2) is 0 Å². The average molecular weight is 257 g/mol. The Morgan fingerprint density at radius 2 is 2.21 bits per heavy atom. The number of rotatable bonds is 4. The highest BCUT2D eigenvalue weighted by Crippen LogP contribution is 2.21. The molecule has 1 aliphatic rings. The number of hydrogen-bond donors (Lipinski definition) is 1. The molecular formula is C14H19N5. The second-order valence-corrected chi connectivity index (χ2v) is 4.72. The molecule has 2 aromatic heterocycles. The van der Waals surface area contributed by atoms with Crippen LogP contribution >= 0.6 is 0 Å². The number of anilines is 1. The first kappa shape index (κ1) is 12.2. The molecule has 3 heterocycles. The molecule has 5 heteroatoms. The Balaban J connectivity index is 1.83. The molecule has 3 rings (SSSR count). The summed E-state index contributed by atoms with van der Waals surface area (Å²) in [6.45, 7) is 6.76. The number of aromatic nitrogens is 3. The second kappa shape index (κ2) is 5.40. The van der Waals surface area contributed by atoms with Gasteiger partial charge < -0.3 is 14.8 Å². The van der Waals surface area contributed by atoms with Crippen LogP contribution in [0, 0.1) is 0 Å². The third-order valence-corrected chi connectivity index (χ3v) is 3.48. The molecule has 0 amide bonds. The third-order valence-electron chi connectivity index (χ3n) is 3.48. The number of nitrogens with one attached hydrogen (secondary N) is 1. The largest absolute Gasteiger partial charge is 0.347 e. The standard InChI is InChI=1S/C14H19N5/c1-2-15-10-12-4-3-5-17-14(12)19-9-8-18-7-6-16-13(18)11-19/h3-7,15H,2,8-11H2,1H3. The van der Waals surface area contributed by atoms with Crippen molar-refractivity contribution in [2.24, 2.45) is 0 Å². The van der Waals surface area contributed by atoms with Gasteiger partial charge in [0.25, 0.3) is 0 Å². The van der Waals surface area contributed by atoms with Gasteiger partial charge in [0, 0.05) is 43.8 Å². The van der Waals surface area contributed by atoms with Crippen LogP contribution in [0.2, 0.25) is 0 Å². The molecule has 0 saturated carbocycles. The molecule has 0 saturated heterocycles. The Hall–Kier alpha value is -1.88. The van der Waals surface area contributed by atoms with Crippen LogP contribution in [-0.2, 0) is 19.6 Å². The van der Waals surface area contributed by atoms with Crippen LogP contribution in [0.5, 0.6) is 0 Å². The van der Waals surface area contributed by atoms with Crippen LogP contribution in [0.4, 0.5) is 5.82 Å². The van der Waals surface area contributed by atoms with E-state index in [2.05, 4.69) is 37.7 Å². The fourth-order valence-electron chi connectivity index (χ4n) is 2.47. The van der Waals surface area contributed by atoms with Crippen molar-refractivity contribution in [2.75, 3.05) is 18.0 Å². The molecule has 0 radical (unpaired) electrons. The number of hydrogen-bond acceptors (Lipinski definition) is 4. The number of imidazole rings is 1. The van der Waals surface area contributed by atoms with E-state index in [9.17, 15) is 0 Å². The van der Waals surface area contributed by atoms with Crippen LogP contribution in [0.25, 0.3) is 0 Å². The highest BCUT2D eigenvalue weighted by atomic mass is 15.3. The Kier molecular flexibility index (Phi) is 3.46. The first-order valence-electron chi connectivity index (χ1n) is 6.78. The molecule has 0 atom stereocenters. The zero-order valence-electron chi connectivity index (χ0n) is 11.2. The first-order valence-corrected chi connectivity index (χ1v) is 6.78. The third kappa shape index (κ3) is 2.46. The van der Waals surface area contributed by atoms with E-state index < -0.39 is 0 Å². The lowest BCUT2D eigenvalue weighted by Gasteiger charge is -2.30. The molecule has 5 nitrogen and oxygen atoms in total. The van der Waals surface area contributed by atoms with Gasteiger partial charge >= 0.3 is 0 Å². The first-order chi connectivity index (χ1) is 9.38. The maximum Gasteiger partial charge on any atom is 0.133 e. The Morgan fingerprint density at radius 3 is 3.11 bits per heavy atom. The summed E-state index contributed by atoms with van der Waals surface area (Å²) in [5, 5.41) is 3.37. The van der Waals surface area contributed by atoms with E-state index in [1.165, 1.54) is 5.56 Å². The number of pyridine rings is 1. The smallest absolute Gasteiger partial charge is 0.133 e. The van der Waals surface area contributed by atoms with Crippen LogP contribution in [0.3, 0.4) is 0 Å². The van der Waals surface area contributed by atoms with E-state index in [4.69, 9.17) is 0 Å². The summed E-state index contributed by atoms with van der Waals surface area (Å²) in [6.07, 6.45) is 5.79. The van der Waals surface area contributed by atoms with Crippen molar-refractivity contribution in [1.82, 2.24) is 19.9 Å². The summed E-state index contributed by atoms with van der Waals surface area (Å²) in [5.74, 6) is 2.20. The maximum absolute atomic E-state index is 4.56. The van der Waals surface area contributed by atoms with Crippen molar-refractivity contribution in [1.29, 1.82) is 0 Å². The highest BCUT2D eigenvalue weighted by molar-refractivity contribution is 5.47. The minimum atomic E-state index is 0.836. The monoisotopic (exact) mass is 257 g/mol. The molecule has 19 heavy (non-hydrogen) atoms. The molecular weight excluding hydrogens is 238 g/mol. The summed E-state index contributed by atoms with van der Waals surface area (Å²) in [7, 11) is 0. The van der Waals surface area contributed by atoms with Gasteiger partial charge in [0.2, 0.25) is 0 Å². The summed E-state index contributed by atoms with van der Waals surface area (Å²) >= 11 is 0. The maximum atomic E-state index is 4.56. The van der Waals surface area contributed by atoms with Crippen molar-refractivity contribution in [3.63, 3.8) is 0 Å². The van der Waals surface area contributed by atoms with Crippen molar-refractivity contribution in [3.8, 4) is 0 Å². The molecule has 0 fully saturated rings. The molecule has 0 aliphatic carbocycles. The van der Waals surface area contributed by atoms with E-state index in [-0.39, 0.29) is 0 Å². The van der Waals surface area contributed by atoms with Gasteiger partial charge in [0.1, 0.15) is 11.6 Å². The minimum Gasteiger partial charge on any atom is -0.347 e. The molecule has 0 aromatic carbocycles. The summed E-state index contributed by atoms with van der Waals surface area (Å²) in [5.41, 5.74) is 1.25. The predicted octanol–water partition coefficient (Wildman–Crippen LogP) is 1.41. The molecule has 0 spiro atoms. The van der Waals surface area contributed by atoms with E-state index in [0.29, 0.717) is 0 Å². The summed E-state index contributed by atoms with van der Waals surface area (Å²) < 4.78 is 2.21. The lowest BCUT2D eigenvalue weighted by Crippen LogP contribution is -2.35. The van der Waals surface area contributed by atoms with Gasteiger partial charge in [-0.05, 0) is 12.6 Å². The van der Waals surface area contributed by atoms with Crippen molar-refractivity contribution < 1.29 is 0 Å². The van der Waals surface area contributed by atoms with E-state index in [1.807, 2.05) is 24.7 Å². The number of fused-ring (bicyclic) bond motifs is 1. The molecule has 0 bridgehead atoms. The Morgan fingerprint density at radius 1 is 1.26 bits per heavy atom. The van der Waals surface area contributed by atoms with Crippen molar-refractivity contribution in [3.05, 3.63) is 42.1 Å². The van der Waals surface area contributed by atoms with Crippen LogP contribution in [0.15, 0.2) is 30.7 Å². The number of nitrogens with zero attached hydrogens (tertiary/aromatic N) is 4. The lowest BCUT2D eigenvalue weighted by molar-refractivity contribution is 0.553. The van der Waals surface area contributed by atoms with Gasteiger partial charge in [-0.2, -0.15) is 0 Å². The molecule has 100 valence electrons. The van der Waals surface area contributed by atoms with Crippen LogP contribution in [-0.4, -0.2) is 27.6 Å². The summed E-state index contributed by atoms with van der Waals surface area (Å²) in [6, 6.07) is 4.15. The topological polar surface area (TPSA) is 46.0 Å². The molecule has 0 unspecified atom stereocenters. The van der Waals surface area contributed by atoms with Crippen molar-refractivity contribution >= 4 is 5.82 Å².